The van der Waals surface area contributed by atoms with Gasteiger partial charge in [-0.1, -0.05) is 54.6 Å². The normalized spacial score (nSPS) is 13.8. The molecule has 202 valence electrons. The molecule has 1 heterocycles. The molecule has 1 aliphatic heterocycles. The molecule has 3 N–H and O–H groups in total. The molecule has 8 nitrogen and oxygen atoms in total. The second-order valence-corrected chi connectivity index (χ2v) is 8.79. The minimum Gasteiger partial charge on any atom is -0.505 e. The van der Waals surface area contributed by atoms with Gasteiger partial charge in [-0.2, -0.15) is 18.3 Å². The lowest BCUT2D eigenvalue weighted by Crippen LogP contribution is -2.26. The number of carboxylic acid groups (broad SMARTS) is 1. The number of amides is 1. The summed E-state index contributed by atoms with van der Waals surface area (Å²) in [6.45, 7) is 0. The van der Waals surface area contributed by atoms with Crippen LogP contribution in [-0.4, -0.2) is 34.2 Å². The highest BCUT2D eigenvalue weighted by atomic mass is 19.4. The lowest BCUT2D eigenvalue weighted by atomic mass is 10.0. The van der Waals surface area contributed by atoms with Gasteiger partial charge in [0, 0.05) is 16.8 Å². The van der Waals surface area contributed by atoms with Crippen molar-refractivity contribution >= 4 is 34.8 Å². The standard InChI is InChI=1S/C29H20F3N3O5/c30-29(31,32)16-17-11-13-19(14-12-17)35-24-10-2-1-7-22(24)25(27(35)37)34-33-23-9-4-8-21(26(23)36)18-5-3-6-20(15-18)40-28(38)39/h1-15,33,36H,16H2,(H,38,39). The molecule has 0 atom stereocenters. The van der Waals surface area contributed by atoms with Gasteiger partial charge in [-0.05, 0) is 47.5 Å². The summed E-state index contributed by atoms with van der Waals surface area (Å²) in [6, 6.07) is 23.3. The number of fused-ring (bicyclic) bond motifs is 1. The summed E-state index contributed by atoms with van der Waals surface area (Å²) in [4.78, 5) is 25.7. The molecular weight excluding hydrogens is 527 g/mol. The fourth-order valence-corrected chi connectivity index (χ4v) is 4.37. The van der Waals surface area contributed by atoms with Crippen LogP contribution in [0.25, 0.3) is 11.1 Å². The Balaban J connectivity index is 1.44. The molecule has 4 aromatic carbocycles. The van der Waals surface area contributed by atoms with Gasteiger partial charge < -0.3 is 14.9 Å². The molecule has 0 unspecified atom stereocenters. The number of phenolic OH excluding ortho intramolecular Hbond substituents is 1. The number of ether oxygens (including phenoxy) is 1. The van der Waals surface area contributed by atoms with Crippen LogP contribution in [0.5, 0.6) is 11.5 Å². The minimum atomic E-state index is -4.35. The van der Waals surface area contributed by atoms with E-state index in [9.17, 15) is 27.9 Å². The summed E-state index contributed by atoms with van der Waals surface area (Å²) in [6.07, 6.45) is -6.89. The first-order valence-corrected chi connectivity index (χ1v) is 11.9. The molecule has 5 rings (SSSR count). The molecule has 1 amide bonds. The van der Waals surface area contributed by atoms with Gasteiger partial charge in [0.1, 0.15) is 11.5 Å². The van der Waals surface area contributed by atoms with E-state index in [0.29, 0.717) is 28.1 Å². The number of para-hydroxylation sites is 2. The topological polar surface area (TPSA) is 111 Å². The van der Waals surface area contributed by atoms with Crippen molar-refractivity contribution in [1.82, 2.24) is 0 Å². The summed E-state index contributed by atoms with van der Waals surface area (Å²) in [5.74, 6) is -0.635. The molecule has 1 aliphatic rings. The molecule has 0 spiro atoms. The fourth-order valence-electron chi connectivity index (χ4n) is 4.37. The summed E-state index contributed by atoms with van der Waals surface area (Å²) in [5.41, 5.74) is 5.23. The van der Waals surface area contributed by atoms with Crippen LogP contribution in [0, 0.1) is 0 Å². The second-order valence-electron chi connectivity index (χ2n) is 8.79. The zero-order chi connectivity index (χ0) is 28.4. The van der Waals surface area contributed by atoms with Gasteiger partial charge in [0.2, 0.25) is 0 Å². The largest absolute Gasteiger partial charge is 0.511 e. The maximum absolute atomic E-state index is 13.4. The highest BCUT2D eigenvalue weighted by Crippen LogP contribution is 2.38. The van der Waals surface area contributed by atoms with E-state index in [0.717, 1.165) is 0 Å². The smallest absolute Gasteiger partial charge is 0.505 e. The van der Waals surface area contributed by atoms with Crippen molar-refractivity contribution in [3.05, 3.63) is 102 Å². The predicted octanol–water partition coefficient (Wildman–Crippen LogP) is 6.72. The number of rotatable bonds is 6. The molecule has 11 heteroatoms. The van der Waals surface area contributed by atoms with Crippen LogP contribution in [0.2, 0.25) is 0 Å². The molecule has 0 saturated heterocycles. The summed E-state index contributed by atoms with van der Waals surface area (Å²) in [5, 5.41) is 24.1. The van der Waals surface area contributed by atoms with Crippen molar-refractivity contribution in [2.75, 3.05) is 10.3 Å². The van der Waals surface area contributed by atoms with Crippen molar-refractivity contribution in [3.63, 3.8) is 0 Å². The molecule has 0 saturated carbocycles. The van der Waals surface area contributed by atoms with Crippen LogP contribution in [0.1, 0.15) is 11.1 Å². The molecule has 40 heavy (non-hydrogen) atoms. The average molecular weight is 547 g/mol. The number of hydrazone groups is 1. The summed E-state index contributed by atoms with van der Waals surface area (Å²) < 4.78 is 43.0. The van der Waals surface area contributed by atoms with Gasteiger partial charge in [0.15, 0.2) is 5.71 Å². The van der Waals surface area contributed by atoms with Crippen molar-refractivity contribution in [2.24, 2.45) is 5.10 Å². The summed E-state index contributed by atoms with van der Waals surface area (Å²) >= 11 is 0. The first-order chi connectivity index (χ1) is 19.1. The van der Waals surface area contributed by atoms with Gasteiger partial charge in [-0.3, -0.25) is 15.1 Å². The van der Waals surface area contributed by atoms with Gasteiger partial charge in [-0.25, -0.2) is 4.79 Å². The van der Waals surface area contributed by atoms with Gasteiger partial charge >= 0.3 is 12.3 Å². The summed E-state index contributed by atoms with van der Waals surface area (Å²) in [7, 11) is 0. The van der Waals surface area contributed by atoms with E-state index in [2.05, 4.69) is 15.3 Å². The number of hydrogen-bond acceptors (Lipinski definition) is 6. The minimum absolute atomic E-state index is 0.0385. The van der Waals surface area contributed by atoms with E-state index < -0.39 is 24.7 Å². The van der Waals surface area contributed by atoms with Crippen molar-refractivity contribution < 1.29 is 37.7 Å². The van der Waals surface area contributed by atoms with Gasteiger partial charge in [0.05, 0.1) is 17.8 Å². The monoisotopic (exact) mass is 547 g/mol. The van der Waals surface area contributed by atoms with Gasteiger partial charge in [-0.15, -0.1) is 0 Å². The Kier molecular flexibility index (Phi) is 6.87. The fraction of sp³-hybridized carbons (Fsp3) is 0.0690. The Morgan fingerprint density at radius 2 is 1.62 bits per heavy atom. The lowest BCUT2D eigenvalue weighted by Gasteiger charge is -2.17. The third-order valence-corrected chi connectivity index (χ3v) is 6.08. The number of carbonyl (C=O) groups is 2. The Labute approximate surface area is 225 Å². The second kappa shape index (κ2) is 10.4. The maximum atomic E-state index is 13.4. The lowest BCUT2D eigenvalue weighted by molar-refractivity contribution is -0.127. The highest BCUT2D eigenvalue weighted by Gasteiger charge is 2.35. The van der Waals surface area contributed by atoms with Crippen LogP contribution < -0.4 is 15.1 Å². The number of aromatic hydroxyl groups is 1. The molecule has 0 radical (unpaired) electrons. The van der Waals surface area contributed by atoms with Crippen molar-refractivity contribution in [3.8, 4) is 22.6 Å². The van der Waals surface area contributed by atoms with E-state index in [1.807, 2.05) is 0 Å². The maximum Gasteiger partial charge on any atom is 0.511 e. The molecule has 0 bridgehead atoms. The van der Waals surface area contributed by atoms with E-state index in [1.165, 1.54) is 41.3 Å². The SMILES string of the molecule is O=C(O)Oc1cccc(-c2cccc(NN=C3C(=O)N(c4ccc(CC(F)(F)F)cc4)c4ccccc43)c2O)c1. The van der Waals surface area contributed by atoms with Crippen LogP contribution in [-0.2, 0) is 11.2 Å². The number of anilines is 3. The molecule has 0 aromatic heterocycles. The number of benzene rings is 4. The number of phenols is 1. The van der Waals surface area contributed by atoms with E-state index in [1.54, 1.807) is 54.6 Å². The van der Waals surface area contributed by atoms with E-state index >= 15 is 0 Å². The first-order valence-electron chi connectivity index (χ1n) is 11.9. The number of nitrogens with zero attached hydrogens (tertiary/aromatic N) is 2. The van der Waals surface area contributed by atoms with Crippen LogP contribution >= 0.6 is 0 Å². The van der Waals surface area contributed by atoms with Crippen LogP contribution in [0.4, 0.5) is 35.0 Å². The Morgan fingerprint density at radius 3 is 2.35 bits per heavy atom. The van der Waals surface area contributed by atoms with Crippen LogP contribution in [0.15, 0.2) is 96.1 Å². The third kappa shape index (κ3) is 5.44. The van der Waals surface area contributed by atoms with Crippen molar-refractivity contribution in [1.29, 1.82) is 0 Å². The number of halogens is 3. The van der Waals surface area contributed by atoms with E-state index in [-0.39, 0.29) is 28.5 Å². The van der Waals surface area contributed by atoms with Crippen molar-refractivity contribution in [2.45, 2.75) is 12.6 Å². The molecular formula is C29H20F3N3O5. The Morgan fingerprint density at radius 1 is 0.925 bits per heavy atom. The Bertz CT molecular complexity index is 1630. The predicted molar refractivity (Wildman–Crippen MR) is 142 cm³/mol. The third-order valence-electron chi connectivity index (χ3n) is 6.08. The average Bonchev–Trinajstić information content (AvgIpc) is 3.18. The van der Waals surface area contributed by atoms with Gasteiger partial charge in [0.25, 0.3) is 5.91 Å². The molecule has 0 fully saturated rings. The van der Waals surface area contributed by atoms with Crippen LogP contribution in [0.3, 0.4) is 0 Å². The quantitative estimate of drug-likeness (QED) is 0.107. The molecule has 4 aromatic rings. The number of hydrogen-bond donors (Lipinski definition) is 3. The first kappa shape index (κ1) is 26.3. The Hall–Kier alpha value is -5.32. The highest BCUT2D eigenvalue weighted by molar-refractivity contribution is 6.55. The number of alkyl halides is 3. The number of carbonyl (C=O) groups excluding carboxylic acids is 1. The van der Waals surface area contributed by atoms with E-state index in [4.69, 9.17) is 5.11 Å². The zero-order valence-corrected chi connectivity index (χ0v) is 20.5. The zero-order valence-electron chi connectivity index (χ0n) is 20.5. The number of nitrogens with one attached hydrogen (secondary N) is 1. The molecule has 0 aliphatic carbocycles.